The van der Waals surface area contributed by atoms with Crippen LogP contribution in [0.2, 0.25) is 0 Å². The zero-order valence-electron chi connectivity index (χ0n) is 10.9. The molecule has 0 bridgehead atoms. The highest BCUT2D eigenvalue weighted by molar-refractivity contribution is 4.94. The molecule has 2 rings (SSSR count). The first kappa shape index (κ1) is 14.2. The number of alkyl halides is 2. The first-order valence-corrected chi connectivity index (χ1v) is 7.01. The lowest BCUT2D eigenvalue weighted by Gasteiger charge is -2.43. The van der Waals surface area contributed by atoms with Gasteiger partial charge in [0.05, 0.1) is 12.1 Å². The minimum absolute atomic E-state index is 0.0160. The summed E-state index contributed by atoms with van der Waals surface area (Å²) in [4.78, 5) is 1.87. The Morgan fingerprint density at radius 3 is 2.67 bits per heavy atom. The van der Waals surface area contributed by atoms with Gasteiger partial charge in [-0.1, -0.05) is 12.8 Å². The predicted molar refractivity (Wildman–Crippen MR) is 66.8 cm³/mol. The number of hydrogen-bond donors (Lipinski definition) is 1. The van der Waals surface area contributed by atoms with Crippen LogP contribution in [0.25, 0.3) is 0 Å². The molecule has 0 amide bonds. The van der Waals surface area contributed by atoms with E-state index in [9.17, 15) is 8.78 Å². The van der Waals surface area contributed by atoms with Gasteiger partial charge in [-0.25, -0.2) is 8.78 Å². The Balaban J connectivity index is 1.96. The molecule has 0 aromatic heterocycles. The lowest BCUT2D eigenvalue weighted by Crippen LogP contribution is -2.50. The quantitative estimate of drug-likeness (QED) is 0.823. The van der Waals surface area contributed by atoms with Crippen LogP contribution in [-0.4, -0.2) is 49.2 Å². The minimum atomic E-state index is -2.28. The summed E-state index contributed by atoms with van der Waals surface area (Å²) in [6.45, 7) is 1.55. The van der Waals surface area contributed by atoms with Gasteiger partial charge >= 0.3 is 0 Å². The standard InChI is InChI=1S/C13H24F2N2O/c14-12(15)10-17(7-6-16)11-3-8-18-13(9-11)4-1-2-5-13/h11-12H,1-10,16H2. The molecule has 0 radical (unpaired) electrons. The van der Waals surface area contributed by atoms with Crippen LogP contribution in [0.3, 0.4) is 0 Å². The Bertz CT molecular complexity index is 257. The van der Waals surface area contributed by atoms with E-state index in [2.05, 4.69) is 0 Å². The second-order valence-corrected chi connectivity index (χ2v) is 5.56. The fourth-order valence-electron chi connectivity index (χ4n) is 3.45. The summed E-state index contributed by atoms with van der Waals surface area (Å²) in [6, 6.07) is 0.217. The molecule has 1 atom stereocenters. The molecule has 1 spiro atoms. The van der Waals surface area contributed by atoms with Gasteiger partial charge < -0.3 is 10.5 Å². The van der Waals surface area contributed by atoms with Crippen molar-refractivity contribution in [3.63, 3.8) is 0 Å². The molecular weight excluding hydrogens is 238 g/mol. The number of halogens is 2. The highest BCUT2D eigenvalue weighted by Crippen LogP contribution is 2.41. The van der Waals surface area contributed by atoms with Gasteiger partial charge in [-0.15, -0.1) is 0 Å². The molecule has 1 unspecified atom stereocenters. The Hall–Kier alpha value is -0.260. The Kier molecular flexibility index (Phi) is 4.92. The van der Waals surface area contributed by atoms with E-state index in [0.717, 1.165) is 25.7 Å². The first-order chi connectivity index (χ1) is 8.65. The van der Waals surface area contributed by atoms with Crippen LogP contribution >= 0.6 is 0 Å². The van der Waals surface area contributed by atoms with Gasteiger partial charge in [0.2, 0.25) is 0 Å². The van der Waals surface area contributed by atoms with E-state index >= 15 is 0 Å². The molecule has 2 fully saturated rings. The maximum Gasteiger partial charge on any atom is 0.251 e. The summed E-state index contributed by atoms with van der Waals surface area (Å²) in [5.41, 5.74) is 5.52. The molecule has 1 aliphatic heterocycles. The summed E-state index contributed by atoms with van der Waals surface area (Å²) in [5, 5.41) is 0. The Morgan fingerprint density at radius 1 is 1.33 bits per heavy atom. The van der Waals surface area contributed by atoms with E-state index in [-0.39, 0.29) is 18.2 Å². The van der Waals surface area contributed by atoms with Gasteiger partial charge in [0.15, 0.2) is 0 Å². The second-order valence-electron chi connectivity index (χ2n) is 5.56. The number of ether oxygens (including phenoxy) is 1. The van der Waals surface area contributed by atoms with E-state index in [1.807, 2.05) is 4.90 Å². The van der Waals surface area contributed by atoms with Gasteiger partial charge in [0, 0.05) is 25.7 Å². The average Bonchev–Trinajstić information content (AvgIpc) is 2.76. The van der Waals surface area contributed by atoms with Crippen molar-refractivity contribution in [1.82, 2.24) is 4.90 Å². The van der Waals surface area contributed by atoms with Crippen LogP contribution < -0.4 is 5.73 Å². The van der Waals surface area contributed by atoms with Gasteiger partial charge in [0.1, 0.15) is 0 Å². The largest absolute Gasteiger partial charge is 0.375 e. The van der Waals surface area contributed by atoms with E-state index in [1.54, 1.807) is 0 Å². The smallest absolute Gasteiger partial charge is 0.251 e. The topological polar surface area (TPSA) is 38.5 Å². The van der Waals surface area contributed by atoms with Crippen LogP contribution in [0.15, 0.2) is 0 Å². The number of hydrogen-bond acceptors (Lipinski definition) is 3. The molecule has 2 N–H and O–H groups in total. The lowest BCUT2D eigenvalue weighted by atomic mass is 9.88. The van der Waals surface area contributed by atoms with Crippen molar-refractivity contribution in [3.05, 3.63) is 0 Å². The fourth-order valence-corrected chi connectivity index (χ4v) is 3.45. The predicted octanol–water partition coefficient (Wildman–Crippen LogP) is 2.00. The van der Waals surface area contributed by atoms with Crippen LogP contribution in [-0.2, 0) is 4.74 Å². The number of rotatable bonds is 5. The third-order valence-electron chi connectivity index (χ3n) is 4.29. The number of nitrogens with two attached hydrogens (primary N) is 1. The molecule has 0 aromatic carbocycles. The number of nitrogens with zero attached hydrogens (tertiary/aromatic N) is 1. The fraction of sp³-hybridized carbons (Fsp3) is 1.00. The normalized spacial score (nSPS) is 27.5. The van der Waals surface area contributed by atoms with E-state index < -0.39 is 6.43 Å². The van der Waals surface area contributed by atoms with Gasteiger partial charge in [-0.2, -0.15) is 0 Å². The molecule has 1 heterocycles. The van der Waals surface area contributed by atoms with Gasteiger partial charge in [-0.05, 0) is 25.7 Å². The summed E-state index contributed by atoms with van der Waals surface area (Å²) >= 11 is 0. The highest BCUT2D eigenvalue weighted by atomic mass is 19.3. The Labute approximate surface area is 108 Å². The van der Waals surface area contributed by atoms with E-state index in [4.69, 9.17) is 10.5 Å². The van der Waals surface area contributed by atoms with Crippen molar-refractivity contribution in [3.8, 4) is 0 Å². The highest BCUT2D eigenvalue weighted by Gasteiger charge is 2.41. The Morgan fingerprint density at radius 2 is 2.06 bits per heavy atom. The molecule has 5 heteroatoms. The van der Waals surface area contributed by atoms with Crippen molar-refractivity contribution in [2.24, 2.45) is 5.73 Å². The van der Waals surface area contributed by atoms with Gasteiger partial charge in [-0.3, -0.25) is 4.90 Å². The monoisotopic (exact) mass is 262 g/mol. The SMILES string of the molecule is NCCN(CC(F)F)C1CCOC2(CCCC2)C1. The molecule has 1 saturated carbocycles. The molecule has 1 aliphatic carbocycles. The molecule has 18 heavy (non-hydrogen) atoms. The average molecular weight is 262 g/mol. The third-order valence-corrected chi connectivity index (χ3v) is 4.29. The molecule has 3 nitrogen and oxygen atoms in total. The van der Waals surface area contributed by atoms with Crippen LogP contribution in [0, 0.1) is 0 Å². The van der Waals surface area contributed by atoms with E-state index in [0.29, 0.717) is 19.7 Å². The summed E-state index contributed by atoms with van der Waals surface area (Å²) in [6.07, 6.45) is 4.08. The first-order valence-electron chi connectivity index (χ1n) is 7.01. The minimum Gasteiger partial charge on any atom is -0.375 e. The van der Waals surface area contributed by atoms with Crippen molar-refractivity contribution >= 4 is 0 Å². The van der Waals surface area contributed by atoms with Crippen molar-refractivity contribution < 1.29 is 13.5 Å². The molecular formula is C13H24F2N2O. The van der Waals surface area contributed by atoms with Crippen LogP contribution in [0.5, 0.6) is 0 Å². The lowest BCUT2D eigenvalue weighted by molar-refractivity contribution is -0.106. The molecule has 0 aromatic rings. The summed E-state index contributed by atoms with van der Waals surface area (Å²) < 4.78 is 31.2. The van der Waals surface area contributed by atoms with Crippen LogP contribution in [0.1, 0.15) is 38.5 Å². The van der Waals surface area contributed by atoms with Crippen molar-refractivity contribution in [2.75, 3.05) is 26.2 Å². The molecule has 1 saturated heterocycles. The maximum absolute atomic E-state index is 12.6. The van der Waals surface area contributed by atoms with Gasteiger partial charge in [0.25, 0.3) is 6.43 Å². The summed E-state index contributed by atoms with van der Waals surface area (Å²) in [7, 11) is 0. The maximum atomic E-state index is 12.6. The second kappa shape index (κ2) is 6.26. The van der Waals surface area contributed by atoms with Crippen molar-refractivity contribution in [1.29, 1.82) is 0 Å². The third kappa shape index (κ3) is 3.39. The summed E-state index contributed by atoms with van der Waals surface area (Å²) in [5.74, 6) is 0. The molecule has 106 valence electrons. The van der Waals surface area contributed by atoms with Crippen LogP contribution in [0.4, 0.5) is 8.78 Å². The zero-order chi connectivity index (χ0) is 13.0. The zero-order valence-corrected chi connectivity index (χ0v) is 10.9. The van der Waals surface area contributed by atoms with Crippen molar-refractivity contribution in [2.45, 2.75) is 56.6 Å². The molecule has 2 aliphatic rings. The van der Waals surface area contributed by atoms with E-state index in [1.165, 1.54) is 12.8 Å².